The summed E-state index contributed by atoms with van der Waals surface area (Å²) in [5.74, 6) is -1.07. The molecule has 1 aromatic rings. The zero-order chi connectivity index (χ0) is 15.1. The third kappa shape index (κ3) is 2.59. The first-order chi connectivity index (χ1) is 9.15. The first kappa shape index (κ1) is 15.4. The number of rotatable bonds is 4. The molecule has 112 valence electrons. The van der Waals surface area contributed by atoms with Gasteiger partial charge in [0.1, 0.15) is 0 Å². The number of nitrogens with zero attached hydrogens (tertiary/aromatic N) is 2. The van der Waals surface area contributed by atoms with Gasteiger partial charge >= 0.3 is 5.97 Å². The summed E-state index contributed by atoms with van der Waals surface area (Å²) in [4.78, 5) is 14.9. The normalized spacial score (nSPS) is 23.1. The van der Waals surface area contributed by atoms with Crippen molar-refractivity contribution in [3.8, 4) is 0 Å². The number of carboxylic acid groups (broad SMARTS) is 1. The second kappa shape index (κ2) is 5.09. The lowest BCUT2D eigenvalue weighted by Crippen LogP contribution is -2.46. The highest BCUT2D eigenvalue weighted by Crippen LogP contribution is 2.41. The number of aromatic nitrogens is 1. The van der Waals surface area contributed by atoms with Crippen molar-refractivity contribution >= 4 is 27.3 Å². The van der Waals surface area contributed by atoms with Gasteiger partial charge in [-0.05, 0) is 33.1 Å². The number of sulfonamides is 1. The van der Waals surface area contributed by atoms with Gasteiger partial charge in [0.25, 0.3) is 10.0 Å². The molecule has 20 heavy (non-hydrogen) atoms. The summed E-state index contributed by atoms with van der Waals surface area (Å²) in [7, 11) is -3.60. The lowest BCUT2D eigenvalue weighted by molar-refractivity contribution is -0.138. The van der Waals surface area contributed by atoms with Crippen molar-refractivity contribution < 1.29 is 18.3 Å². The van der Waals surface area contributed by atoms with Crippen molar-refractivity contribution in [2.45, 2.75) is 43.4 Å². The first-order valence-electron chi connectivity index (χ1n) is 6.33. The van der Waals surface area contributed by atoms with E-state index in [1.807, 2.05) is 0 Å². The van der Waals surface area contributed by atoms with Crippen LogP contribution in [-0.2, 0) is 14.8 Å². The Balaban J connectivity index is 2.32. The van der Waals surface area contributed by atoms with Crippen molar-refractivity contribution in [1.29, 1.82) is 0 Å². The Kier molecular flexibility index (Phi) is 3.92. The third-order valence-corrected chi connectivity index (χ3v) is 7.32. The molecule has 1 atom stereocenters. The number of carboxylic acids is 1. The molecule has 1 aromatic heterocycles. The van der Waals surface area contributed by atoms with E-state index in [0.717, 1.165) is 11.3 Å². The number of thiazole rings is 1. The monoisotopic (exact) mass is 318 g/mol. The lowest BCUT2D eigenvalue weighted by atomic mass is 9.87. The number of aryl methyl sites for hydroxylation is 1. The van der Waals surface area contributed by atoms with Crippen LogP contribution < -0.4 is 0 Å². The van der Waals surface area contributed by atoms with Crippen molar-refractivity contribution in [3.63, 3.8) is 0 Å². The van der Waals surface area contributed by atoms with Crippen LogP contribution in [-0.4, -0.2) is 40.9 Å². The Hall–Kier alpha value is -0.990. The minimum absolute atomic E-state index is 0.0132. The molecule has 1 aliphatic rings. The second-order valence-corrected chi connectivity index (χ2v) is 8.84. The summed E-state index contributed by atoms with van der Waals surface area (Å²) in [5.41, 5.74) is -0.699. The van der Waals surface area contributed by atoms with Crippen molar-refractivity contribution in [1.82, 2.24) is 9.29 Å². The fourth-order valence-electron chi connectivity index (χ4n) is 2.68. The molecule has 2 heterocycles. The number of hydrogen-bond donors (Lipinski definition) is 1. The van der Waals surface area contributed by atoms with Gasteiger partial charge in [-0.25, -0.2) is 13.4 Å². The van der Waals surface area contributed by atoms with Gasteiger partial charge in [-0.15, -0.1) is 11.3 Å². The Labute approximate surface area is 122 Å². The largest absolute Gasteiger partial charge is 0.481 e. The Bertz CT molecular complexity index is 621. The summed E-state index contributed by atoms with van der Waals surface area (Å²) in [6.07, 6.45) is 1.92. The van der Waals surface area contributed by atoms with Crippen LogP contribution in [0.15, 0.2) is 10.4 Å². The topological polar surface area (TPSA) is 87.6 Å². The molecule has 1 aliphatic heterocycles. The molecular weight excluding hydrogens is 300 g/mol. The van der Waals surface area contributed by atoms with Gasteiger partial charge in [0.15, 0.2) is 4.21 Å². The maximum atomic E-state index is 12.6. The van der Waals surface area contributed by atoms with Crippen molar-refractivity contribution in [2.75, 3.05) is 6.54 Å². The first-order valence-corrected chi connectivity index (χ1v) is 8.58. The molecule has 0 aromatic carbocycles. The van der Waals surface area contributed by atoms with E-state index < -0.39 is 21.5 Å². The molecule has 0 aliphatic carbocycles. The van der Waals surface area contributed by atoms with Crippen LogP contribution in [0.25, 0.3) is 0 Å². The molecule has 2 rings (SSSR count). The predicted molar refractivity (Wildman–Crippen MR) is 75.2 cm³/mol. The van der Waals surface area contributed by atoms with Crippen LogP contribution >= 0.6 is 11.3 Å². The van der Waals surface area contributed by atoms with E-state index in [1.54, 1.807) is 20.8 Å². The zero-order valence-electron chi connectivity index (χ0n) is 11.7. The number of hydrogen-bond acceptors (Lipinski definition) is 5. The van der Waals surface area contributed by atoms with E-state index in [4.69, 9.17) is 5.11 Å². The minimum Gasteiger partial charge on any atom is -0.481 e. The van der Waals surface area contributed by atoms with Crippen LogP contribution in [0, 0.1) is 12.8 Å². The molecule has 1 fully saturated rings. The maximum absolute atomic E-state index is 12.6. The van der Waals surface area contributed by atoms with Crippen LogP contribution in [0.5, 0.6) is 0 Å². The van der Waals surface area contributed by atoms with Gasteiger partial charge in [0, 0.05) is 18.5 Å². The fourth-order valence-corrected chi connectivity index (χ4v) is 5.75. The van der Waals surface area contributed by atoms with Crippen LogP contribution in [0.4, 0.5) is 0 Å². The van der Waals surface area contributed by atoms with E-state index in [0.29, 0.717) is 18.0 Å². The van der Waals surface area contributed by atoms with E-state index in [1.165, 1.54) is 10.5 Å². The van der Waals surface area contributed by atoms with Crippen LogP contribution in [0.3, 0.4) is 0 Å². The Morgan fingerprint density at radius 2 is 2.25 bits per heavy atom. The van der Waals surface area contributed by atoms with Gasteiger partial charge in [-0.3, -0.25) is 4.79 Å². The SMILES string of the molecule is Cc1ncc(S(=O)(=O)N2CCC(CC(=O)O)C2(C)C)s1. The lowest BCUT2D eigenvalue weighted by Gasteiger charge is -2.34. The summed E-state index contributed by atoms with van der Waals surface area (Å²) in [5, 5.41) is 9.64. The van der Waals surface area contributed by atoms with Gasteiger partial charge in [0.05, 0.1) is 11.2 Å². The average molecular weight is 318 g/mol. The molecule has 8 heteroatoms. The smallest absolute Gasteiger partial charge is 0.303 e. The summed E-state index contributed by atoms with van der Waals surface area (Å²) >= 11 is 1.14. The Morgan fingerprint density at radius 3 is 2.75 bits per heavy atom. The van der Waals surface area contributed by atoms with Gasteiger partial charge in [-0.2, -0.15) is 4.31 Å². The van der Waals surface area contributed by atoms with Crippen LogP contribution in [0.1, 0.15) is 31.7 Å². The average Bonchev–Trinajstić information content (AvgIpc) is 2.84. The predicted octanol–water partition coefficient (Wildman–Crippen LogP) is 1.72. The van der Waals surface area contributed by atoms with E-state index in [9.17, 15) is 13.2 Å². The molecular formula is C12H18N2O4S2. The summed E-state index contributed by atoms with van der Waals surface area (Å²) in [6, 6.07) is 0. The second-order valence-electron chi connectivity index (χ2n) is 5.51. The van der Waals surface area contributed by atoms with Gasteiger partial charge < -0.3 is 5.11 Å². The molecule has 1 unspecified atom stereocenters. The standard InChI is InChI=1S/C12H18N2O4S2/c1-8-13-7-11(19-8)20(17,18)14-5-4-9(6-10(15)16)12(14,2)3/h7,9H,4-6H2,1-3H3,(H,15,16). The summed E-state index contributed by atoms with van der Waals surface area (Å²) < 4.78 is 26.9. The van der Waals surface area contributed by atoms with Gasteiger partial charge in [0.2, 0.25) is 0 Å². The maximum Gasteiger partial charge on any atom is 0.303 e. The Morgan fingerprint density at radius 1 is 1.60 bits per heavy atom. The quantitative estimate of drug-likeness (QED) is 0.913. The molecule has 0 bridgehead atoms. The minimum atomic E-state index is -3.60. The third-order valence-electron chi connectivity index (χ3n) is 3.89. The molecule has 1 N–H and O–H groups in total. The van der Waals surface area contributed by atoms with Crippen molar-refractivity contribution in [3.05, 3.63) is 11.2 Å². The van der Waals surface area contributed by atoms with E-state index in [-0.39, 0.29) is 16.5 Å². The van der Waals surface area contributed by atoms with Crippen LogP contribution in [0.2, 0.25) is 0 Å². The number of aliphatic carboxylic acids is 1. The highest BCUT2D eigenvalue weighted by molar-refractivity contribution is 7.91. The molecule has 1 saturated heterocycles. The molecule has 6 nitrogen and oxygen atoms in total. The molecule has 0 saturated carbocycles. The fraction of sp³-hybridized carbons (Fsp3) is 0.667. The zero-order valence-corrected chi connectivity index (χ0v) is 13.3. The van der Waals surface area contributed by atoms with Gasteiger partial charge in [-0.1, -0.05) is 0 Å². The molecule has 0 amide bonds. The molecule has 0 radical (unpaired) electrons. The highest BCUT2D eigenvalue weighted by atomic mass is 32.2. The van der Waals surface area contributed by atoms with Crippen molar-refractivity contribution in [2.24, 2.45) is 5.92 Å². The van der Waals surface area contributed by atoms with E-state index >= 15 is 0 Å². The highest BCUT2D eigenvalue weighted by Gasteiger charge is 2.48. The van der Waals surface area contributed by atoms with E-state index in [2.05, 4.69) is 4.98 Å². The summed E-state index contributed by atoms with van der Waals surface area (Å²) in [6.45, 7) is 5.69. The molecule has 0 spiro atoms. The number of carbonyl (C=O) groups is 1.